The number of nitrogens with zero attached hydrogens (tertiary/aromatic N) is 1. The lowest BCUT2D eigenvalue weighted by molar-refractivity contribution is 0.144. The van der Waals surface area contributed by atoms with E-state index in [9.17, 15) is 13.9 Å². The smallest absolute Gasteiger partial charge is 0.123 e. The van der Waals surface area contributed by atoms with Crippen LogP contribution in [0.3, 0.4) is 0 Å². The van der Waals surface area contributed by atoms with Crippen molar-refractivity contribution in [3.8, 4) is 0 Å². The Hall–Kier alpha value is -2.02. The van der Waals surface area contributed by atoms with Gasteiger partial charge in [-0.15, -0.1) is 0 Å². The molecule has 4 nitrogen and oxygen atoms in total. The zero-order chi connectivity index (χ0) is 17.3. The van der Waals surface area contributed by atoms with Gasteiger partial charge in [-0.25, -0.2) is 8.78 Å². The first-order valence-corrected chi connectivity index (χ1v) is 7.89. The Morgan fingerprint density at radius 2 is 1.58 bits per heavy atom. The van der Waals surface area contributed by atoms with Crippen LogP contribution < -0.4 is 5.32 Å². The molecule has 0 saturated carbocycles. The highest BCUT2D eigenvalue weighted by Gasteiger charge is 2.15. The lowest BCUT2D eigenvalue weighted by Gasteiger charge is -2.17. The number of rotatable bonds is 6. The third-order valence-electron chi connectivity index (χ3n) is 4.16. The first kappa shape index (κ1) is 16.8. The van der Waals surface area contributed by atoms with E-state index in [1.54, 1.807) is 12.1 Å². The molecule has 0 saturated heterocycles. The first-order chi connectivity index (χ1) is 11.5. The molecule has 1 heterocycles. The van der Waals surface area contributed by atoms with E-state index >= 15 is 0 Å². The number of aliphatic hydroxyl groups excluding tert-OH is 2. The van der Waals surface area contributed by atoms with Crippen LogP contribution in [0.1, 0.15) is 6.92 Å². The second-order valence-electron chi connectivity index (χ2n) is 6.08. The van der Waals surface area contributed by atoms with Gasteiger partial charge in [-0.3, -0.25) is 0 Å². The summed E-state index contributed by atoms with van der Waals surface area (Å²) in [6.45, 7) is 2.40. The fraction of sp³-hybridized carbons (Fsp3) is 0.333. The Labute approximate surface area is 138 Å². The van der Waals surface area contributed by atoms with Crippen molar-refractivity contribution in [2.45, 2.75) is 25.6 Å². The quantitative estimate of drug-likeness (QED) is 0.649. The van der Waals surface area contributed by atoms with Gasteiger partial charge in [-0.05, 0) is 43.3 Å². The summed E-state index contributed by atoms with van der Waals surface area (Å²) in [6.07, 6.45) is -0.701. The minimum absolute atomic E-state index is 0.0132. The number of halogens is 2. The van der Waals surface area contributed by atoms with Gasteiger partial charge in [0.25, 0.3) is 0 Å². The number of hydrogen-bond donors (Lipinski definition) is 3. The number of fused-ring (bicyclic) bond motifs is 3. The molecule has 0 bridgehead atoms. The second-order valence-corrected chi connectivity index (χ2v) is 6.08. The third kappa shape index (κ3) is 3.26. The fourth-order valence-corrected chi connectivity index (χ4v) is 2.92. The van der Waals surface area contributed by atoms with E-state index in [0.717, 1.165) is 11.0 Å². The molecule has 2 unspecified atom stereocenters. The van der Waals surface area contributed by atoms with Crippen LogP contribution in [0.15, 0.2) is 36.4 Å². The Morgan fingerprint density at radius 3 is 2.08 bits per heavy atom. The SMILES string of the molecule is CC(CO)NCC(O)Cn1c2ccc(F)cc2c2cc(F)ccc21. The normalized spacial score (nSPS) is 14.4. The van der Waals surface area contributed by atoms with Crippen molar-refractivity contribution in [2.75, 3.05) is 13.2 Å². The molecule has 1 aromatic heterocycles. The summed E-state index contributed by atoms with van der Waals surface area (Å²) in [7, 11) is 0. The maximum absolute atomic E-state index is 13.6. The maximum Gasteiger partial charge on any atom is 0.123 e. The number of benzene rings is 2. The van der Waals surface area contributed by atoms with Crippen LogP contribution >= 0.6 is 0 Å². The first-order valence-electron chi connectivity index (χ1n) is 7.89. The summed E-state index contributed by atoms with van der Waals surface area (Å²) in [6, 6.07) is 8.64. The van der Waals surface area contributed by atoms with Crippen molar-refractivity contribution >= 4 is 21.8 Å². The summed E-state index contributed by atoms with van der Waals surface area (Å²) in [4.78, 5) is 0. The van der Waals surface area contributed by atoms with Crippen molar-refractivity contribution in [3.63, 3.8) is 0 Å². The van der Waals surface area contributed by atoms with Crippen LogP contribution in [0.25, 0.3) is 21.8 Å². The second kappa shape index (κ2) is 6.84. The molecule has 2 aromatic carbocycles. The van der Waals surface area contributed by atoms with Gasteiger partial charge in [-0.1, -0.05) is 0 Å². The van der Waals surface area contributed by atoms with E-state index < -0.39 is 6.10 Å². The van der Waals surface area contributed by atoms with E-state index in [2.05, 4.69) is 5.32 Å². The predicted molar refractivity (Wildman–Crippen MR) is 89.9 cm³/mol. The molecule has 128 valence electrons. The largest absolute Gasteiger partial charge is 0.395 e. The van der Waals surface area contributed by atoms with Crippen molar-refractivity contribution in [2.24, 2.45) is 0 Å². The van der Waals surface area contributed by atoms with E-state index in [1.165, 1.54) is 24.3 Å². The van der Waals surface area contributed by atoms with Gasteiger partial charge in [-0.2, -0.15) is 0 Å². The van der Waals surface area contributed by atoms with Gasteiger partial charge >= 0.3 is 0 Å². The van der Waals surface area contributed by atoms with Gasteiger partial charge in [0.05, 0.1) is 19.3 Å². The molecule has 2 atom stereocenters. The molecule has 0 radical (unpaired) electrons. The summed E-state index contributed by atoms with van der Waals surface area (Å²) >= 11 is 0. The van der Waals surface area contributed by atoms with Crippen LogP contribution in [-0.2, 0) is 6.54 Å². The zero-order valence-corrected chi connectivity index (χ0v) is 13.3. The summed E-state index contributed by atoms with van der Waals surface area (Å²) in [5, 5.41) is 23.6. The molecule has 0 amide bonds. The average molecular weight is 334 g/mol. The van der Waals surface area contributed by atoms with E-state index in [1.807, 2.05) is 11.5 Å². The van der Waals surface area contributed by atoms with E-state index in [4.69, 9.17) is 5.11 Å². The van der Waals surface area contributed by atoms with E-state index in [-0.39, 0.29) is 30.8 Å². The van der Waals surface area contributed by atoms with Gasteiger partial charge in [0.15, 0.2) is 0 Å². The van der Waals surface area contributed by atoms with Gasteiger partial charge in [0.2, 0.25) is 0 Å². The molecule has 3 rings (SSSR count). The van der Waals surface area contributed by atoms with Gasteiger partial charge in [0, 0.05) is 34.4 Å². The molecular weight excluding hydrogens is 314 g/mol. The highest BCUT2D eigenvalue weighted by molar-refractivity contribution is 6.08. The van der Waals surface area contributed by atoms with Crippen LogP contribution in [0.4, 0.5) is 8.78 Å². The van der Waals surface area contributed by atoms with Crippen LogP contribution in [0, 0.1) is 11.6 Å². The summed E-state index contributed by atoms with van der Waals surface area (Å²) < 4.78 is 29.1. The van der Waals surface area contributed by atoms with Crippen molar-refractivity contribution in [1.29, 1.82) is 0 Å². The number of nitrogens with one attached hydrogen (secondary N) is 1. The lowest BCUT2D eigenvalue weighted by atomic mass is 10.1. The standard InChI is InChI=1S/C18H20F2N2O2/c1-11(10-23)21-8-14(24)9-22-17-4-2-12(19)6-15(17)16-7-13(20)3-5-18(16)22/h2-7,11,14,21,23-24H,8-10H2,1H3. The monoisotopic (exact) mass is 334 g/mol. The number of aliphatic hydroxyl groups is 2. The maximum atomic E-state index is 13.6. The molecule has 0 aliphatic heterocycles. The molecule has 24 heavy (non-hydrogen) atoms. The van der Waals surface area contributed by atoms with E-state index in [0.29, 0.717) is 17.3 Å². The number of hydrogen-bond acceptors (Lipinski definition) is 3. The summed E-state index contributed by atoms with van der Waals surface area (Å²) in [5.74, 6) is -0.769. The molecule has 0 aliphatic carbocycles. The minimum atomic E-state index is -0.701. The highest BCUT2D eigenvalue weighted by Crippen LogP contribution is 2.30. The van der Waals surface area contributed by atoms with Crippen molar-refractivity contribution < 1.29 is 19.0 Å². The van der Waals surface area contributed by atoms with Crippen LogP contribution in [-0.4, -0.2) is 40.1 Å². The van der Waals surface area contributed by atoms with Crippen molar-refractivity contribution in [1.82, 2.24) is 9.88 Å². The van der Waals surface area contributed by atoms with Gasteiger partial charge < -0.3 is 20.1 Å². The molecule has 3 aromatic rings. The molecule has 0 spiro atoms. The Bertz CT molecular complexity index is 804. The fourth-order valence-electron chi connectivity index (χ4n) is 2.92. The van der Waals surface area contributed by atoms with Crippen LogP contribution in [0.5, 0.6) is 0 Å². The predicted octanol–water partition coefficient (Wildman–Crippen LogP) is 2.40. The molecule has 0 aliphatic rings. The van der Waals surface area contributed by atoms with Crippen LogP contribution in [0.2, 0.25) is 0 Å². The summed E-state index contributed by atoms with van der Waals surface area (Å²) in [5.41, 5.74) is 1.48. The Kier molecular flexibility index (Phi) is 4.80. The number of aromatic nitrogens is 1. The van der Waals surface area contributed by atoms with Crippen molar-refractivity contribution in [3.05, 3.63) is 48.0 Å². The molecule has 3 N–H and O–H groups in total. The molecule has 6 heteroatoms. The Balaban J connectivity index is 1.99. The zero-order valence-electron chi connectivity index (χ0n) is 13.3. The lowest BCUT2D eigenvalue weighted by Crippen LogP contribution is -2.37. The third-order valence-corrected chi connectivity index (χ3v) is 4.16. The minimum Gasteiger partial charge on any atom is -0.395 e. The molecule has 0 fully saturated rings. The molecular formula is C18H20F2N2O2. The average Bonchev–Trinajstić information content (AvgIpc) is 2.85. The Morgan fingerprint density at radius 1 is 1.04 bits per heavy atom. The topological polar surface area (TPSA) is 57.4 Å². The highest BCUT2D eigenvalue weighted by atomic mass is 19.1. The van der Waals surface area contributed by atoms with Gasteiger partial charge in [0.1, 0.15) is 11.6 Å².